The first kappa shape index (κ1) is 10.9. The van der Waals surface area contributed by atoms with Crippen LogP contribution in [0.5, 0.6) is 0 Å². The molecule has 2 heteroatoms. The SMILES string of the molecule is Cc1ccc2c(c1)N(C)CC1(CCCC1)CN2. The van der Waals surface area contributed by atoms with E-state index in [4.69, 9.17) is 0 Å². The molecule has 0 atom stereocenters. The minimum atomic E-state index is 0.516. The molecule has 1 aliphatic heterocycles. The number of hydrogen-bond donors (Lipinski definition) is 1. The van der Waals surface area contributed by atoms with Gasteiger partial charge in [-0.3, -0.25) is 0 Å². The monoisotopic (exact) mass is 230 g/mol. The van der Waals surface area contributed by atoms with Crippen molar-refractivity contribution in [3.8, 4) is 0 Å². The molecule has 92 valence electrons. The van der Waals surface area contributed by atoms with Gasteiger partial charge in [0.25, 0.3) is 0 Å². The largest absolute Gasteiger partial charge is 0.383 e. The molecule has 1 heterocycles. The van der Waals surface area contributed by atoms with E-state index in [2.05, 4.69) is 42.4 Å². The standard InChI is InChI=1S/C15H22N2/c1-12-5-6-13-14(9-12)17(2)11-15(10-16-13)7-3-4-8-15/h5-6,9,16H,3-4,7-8,10-11H2,1-2H3. The maximum absolute atomic E-state index is 3.67. The van der Waals surface area contributed by atoms with Crippen LogP contribution in [0.2, 0.25) is 0 Å². The van der Waals surface area contributed by atoms with Crippen molar-refractivity contribution in [1.29, 1.82) is 0 Å². The van der Waals surface area contributed by atoms with Gasteiger partial charge in [-0.15, -0.1) is 0 Å². The molecule has 0 saturated heterocycles. The van der Waals surface area contributed by atoms with Gasteiger partial charge in [0.05, 0.1) is 11.4 Å². The number of aryl methyl sites for hydroxylation is 1. The van der Waals surface area contributed by atoms with Crippen molar-refractivity contribution in [3.05, 3.63) is 23.8 Å². The van der Waals surface area contributed by atoms with E-state index < -0.39 is 0 Å². The lowest BCUT2D eigenvalue weighted by Crippen LogP contribution is -2.36. The van der Waals surface area contributed by atoms with Crippen molar-refractivity contribution in [3.63, 3.8) is 0 Å². The van der Waals surface area contributed by atoms with Gasteiger partial charge in [0.1, 0.15) is 0 Å². The predicted octanol–water partition coefficient (Wildman–Crippen LogP) is 3.42. The maximum Gasteiger partial charge on any atom is 0.0602 e. The summed E-state index contributed by atoms with van der Waals surface area (Å²) >= 11 is 0. The van der Waals surface area contributed by atoms with Crippen LogP contribution in [-0.4, -0.2) is 20.1 Å². The summed E-state index contributed by atoms with van der Waals surface area (Å²) < 4.78 is 0. The van der Waals surface area contributed by atoms with Crippen molar-refractivity contribution in [2.45, 2.75) is 32.6 Å². The molecular weight excluding hydrogens is 208 g/mol. The number of anilines is 2. The van der Waals surface area contributed by atoms with E-state index in [9.17, 15) is 0 Å². The highest BCUT2D eigenvalue weighted by molar-refractivity contribution is 5.71. The summed E-state index contributed by atoms with van der Waals surface area (Å²) in [6.45, 7) is 4.52. The van der Waals surface area contributed by atoms with Gasteiger partial charge < -0.3 is 10.2 Å². The number of fused-ring (bicyclic) bond motifs is 1. The van der Waals surface area contributed by atoms with Gasteiger partial charge in [0.2, 0.25) is 0 Å². The zero-order valence-corrected chi connectivity index (χ0v) is 10.9. The highest BCUT2D eigenvalue weighted by Crippen LogP contribution is 2.43. The van der Waals surface area contributed by atoms with Crippen molar-refractivity contribution in [1.82, 2.24) is 0 Å². The second-order valence-corrected chi connectivity index (χ2v) is 5.94. The summed E-state index contributed by atoms with van der Waals surface area (Å²) in [5.74, 6) is 0. The molecule has 2 nitrogen and oxygen atoms in total. The van der Waals surface area contributed by atoms with E-state index in [1.807, 2.05) is 0 Å². The molecule has 3 rings (SSSR count). The zero-order valence-electron chi connectivity index (χ0n) is 10.9. The van der Waals surface area contributed by atoms with Crippen LogP contribution in [-0.2, 0) is 0 Å². The smallest absolute Gasteiger partial charge is 0.0602 e. The summed E-state index contributed by atoms with van der Waals surface area (Å²) in [6, 6.07) is 6.73. The van der Waals surface area contributed by atoms with Crippen LogP contribution in [0.15, 0.2) is 18.2 Å². The second kappa shape index (κ2) is 3.94. The van der Waals surface area contributed by atoms with Crippen LogP contribution in [0.25, 0.3) is 0 Å². The Hall–Kier alpha value is -1.18. The highest BCUT2D eigenvalue weighted by Gasteiger charge is 2.36. The lowest BCUT2D eigenvalue weighted by atomic mass is 9.86. The maximum atomic E-state index is 3.67. The Bertz CT molecular complexity index is 419. The number of benzene rings is 1. The summed E-state index contributed by atoms with van der Waals surface area (Å²) in [5.41, 5.74) is 4.54. The summed E-state index contributed by atoms with van der Waals surface area (Å²) in [5, 5.41) is 3.67. The molecule has 1 spiro atoms. The van der Waals surface area contributed by atoms with Gasteiger partial charge in [-0.2, -0.15) is 0 Å². The molecule has 1 aromatic rings. The van der Waals surface area contributed by atoms with Gasteiger partial charge in [-0.1, -0.05) is 18.9 Å². The molecule has 0 unspecified atom stereocenters. The molecule has 0 bridgehead atoms. The molecule has 17 heavy (non-hydrogen) atoms. The second-order valence-electron chi connectivity index (χ2n) is 5.94. The molecule has 0 radical (unpaired) electrons. The minimum absolute atomic E-state index is 0.516. The third-order valence-corrected chi connectivity index (χ3v) is 4.46. The topological polar surface area (TPSA) is 15.3 Å². The van der Waals surface area contributed by atoms with E-state index in [1.54, 1.807) is 0 Å². The summed E-state index contributed by atoms with van der Waals surface area (Å²) in [7, 11) is 2.24. The van der Waals surface area contributed by atoms with Crippen molar-refractivity contribution >= 4 is 11.4 Å². The first-order chi connectivity index (χ1) is 8.19. The molecule has 2 aliphatic rings. The molecule has 1 aromatic carbocycles. The molecule has 1 aliphatic carbocycles. The Balaban J connectivity index is 1.94. The van der Waals surface area contributed by atoms with Crippen LogP contribution in [0, 0.1) is 12.3 Å². The number of hydrogen-bond acceptors (Lipinski definition) is 2. The number of nitrogens with one attached hydrogen (secondary N) is 1. The molecule has 0 aromatic heterocycles. The third kappa shape index (κ3) is 1.90. The van der Waals surface area contributed by atoms with E-state index >= 15 is 0 Å². The lowest BCUT2D eigenvalue weighted by molar-refractivity contribution is 0.330. The molecule has 1 N–H and O–H groups in total. The fourth-order valence-corrected chi connectivity index (χ4v) is 3.49. The van der Waals surface area contributed by atoms with Gasteiger partial charge in [0.15, 0.2) is 0 Å². The average molecular weight is 230 g/mol. The van der Waals surface area contributed by atoms with Crippen molar-refractivity contribution < 1.29 is 0 Å². The summed E-state index contributed by atoms with van der Waals surface area (Å²) in [4.78, 5) is 2.45. The molecule has 0 amide bonds. The highest BCUT2D eigenvalue weighted by atomic mass is 15.2. The molecular formula is C15H22N2. The predicted molar refractivity (Wildman–Crippen MR) is 73.8 cm³/mol. The number of rotatable bonds is 0. The average Bonchev–Trinajstić information content (AvgIpc) is 2.71. The van der Waals surface area contributed by atoms with Crippen LogP contribution >= 0.6 is 0 Å². The third-order valence-electron chi connectivity index (χ3n) is 4.46. The van der Waals surface area contributed by atoms with E-state index in [0.717, 1.165) is 6.54 Å². The lowest BCUT2D eigenvalue weighted by Gasteiger charge is -2.31. The van der Waals surface area contributed by atoms with Crippen LogP contribution in [0.4, 0.5) is 11.4 Å². The van der Waals surface area contributed by atoms with Gasteiger partial charge in [-0.25, -0.2) is 0 Å². The van der Waals surface area contributed by atoms with Crippen LogP contribution < -0.4 is 10.2 Å². The Kier molecular flexibility index (Phi) is 2.53. The first-order valence-electron chi connectivity index (χ1n) is 6.74. The van der Waals surface area contributed by atoms with Crippen molar-refractivity contribution in [2.24, 2.45) is 5.41 Å². The fourth-order valence-electron chi connectivity index (χ4n) is 3.49. The quantitative estimate of drug-likeness (QED) is 0.734. The van der Waals surface area contributed by atoms with Gasteiger partial charge in [-0.05, 0) is 37.5 Å². The normalized spacial score (nSPS) is 22.1. The molecule has 1 fully saturated rings. The Morgan fingerprint density at radius 2 is 2.00 bits per heavy atom. The van der Waals surface area contributed by atoms with Crippen LogP contribution in [0.3, 0.4) is 0 Å². The zero-order chi connectivity index (χ0) is 11.9. The van der Waals surface area contributed by atoms with E-state index in [-0.39, 0.29) is 0 Å². The van der Waals surface area contributed by atoms with Crippen LogP contribution in [0.1, 0.15) is 31.2 Å². The van der Waals surface area contributed by atoms with E-state index in [0.29, 0.717) is 5.41 Å². The Labute approximate surface area is 104 Å². The first-order valence-corrected chi connectivity index (χ1v) is 6.74. The Morgan fingerprint density at radius 3 is 2.76 bits per heavy atom. The molecule has 1 saturated carbocycles. The van der Waals surface area contributed by atoms with Gasteiger partial charge in [0, 0.05) is 25.6 Å². The summed E-state index contributed by atoms with van der Waals surface area (Å²) in [6.07, 6.45) is 5.59. The van der Waals surface area contributed by atoms with E-state index in [1.165, 1.54) is 49.2 Å². The van der Waals surface area contributed by atoms with Crippen molar-refractivity contribution in [2.75, 3.05) is 30.4 Å². The fraction of sp³-hybridized carbons (Fsp3) is 0.600. The van der Waals surface area contributed by atoms with Gasteiger partial charge >= 0.3 is 0 Å². The minimum Gasteiger partial charge on any atom is -0.383 e. The number of nitrogens with zero attached hydrogens (tertiary/aromatic N) is 1. The Morgan fingerprint density at radius 1 is 1.24 bits per heavy atom.